The highest BCUT2D eigenvalue weighted by Gasteiger charge is 2.51. The summed E-state index contributed by atoms with van der Waals surface area (Å²) in [6.45, 7) is 0.985. The third kappa shape index (κ3) is 2.12. The number of amides is 1. The van der Waals surface area contributed by atoms with Gasteiger partial charge >= 0.3 is 0 Å². The van der Waals surface area contributed by atoms with Crippen LogP contribution < -0.4 is 15.0 Å². The molecule has 0 bridgehead atoms. The number of nitrogens with zero attached hydrogens (tertiary/aromatic N) is 3. The maximum Gasteiger partial charge on any atom is 0.286 e. The van der Waals surface area contributed by atoms with Gasteiger partial charge < -0.3 is 10.1 Å². The molecule has 1 amide bonds. The van der Waals surface area contributed by atoms with Crippen molar-refractivity contribution in [3.05, 3.63) is 42.3 Å². The van der Waals surface area contributed by atoms with Crippen LogP contribution in [0, 0.1) is 17.3 Å². The van der Waals surface area contributed by atoms with E-state index in [2.05, 4.69) is 10.3 Å². The van der Waals surface area contributed by atoms with Crippen molar-refractivity contribution in [2.24, 2.45) is 0 Å². The average Bonchev–Trinajstić information content (AvgIpc) is 3.05. The van der Waals surface area contributed by atoms with Crippen molar-refractivity contribution in [2.45, 2.75) is 12.0 Å². The largest absolute Gasteiger partial charge is 0.458 e. The molecule has 1 aromatic carbocycles. The van der Waals surface area contributed by atoms with Crippen molar-refractivity contribution in [3.63, 3.8) is 0 Å². The van der Waals surface area contributed by atoms with Crippen molar-refractivity contribution in [2.75, 3.05) is 18.0 Å². The summed E-state index contributed by atoms with van der Waals surface area (Å²) in [6, 6.07) is 7.66. The van der Waals surface area contributed by atoms with Gasteiger partial charge in [0.05, 0.1) is 0 Å². The quantitative estimate of drug-likeness (QED) is 0.810. The molecule has 1 unspecified atom stereocenters. The Bertz CT molecular complexity index is 871. The lowest BCUT2D eigenvalue weighted by Crippen LogP contribution is -2.56. The van der Waals surface area contributed by atoms with Gasteiger partial charge in [-0.2, -0.15) is 5.26 Å². The fourth-order valence-electron chi connectivity index (χ4n) is 3.09. The average molecular weight is 324 g/mol. The molecular weight excluding hydrogens is 311 g/mol. The Morgan fingerprint density at radius 3 is 2.96 bits per heavy atom. The predicted octanol–water partition coefficient (Wildman–Crippen LogP) is 1.83. The molecule has 2 aliphatic rings. The zero-order valence-corrected chi connectivity index (χ0v) is 12.6. The number of aromatic nitrogens is 1. The molecule has 6 nitrogen and oxygen atoms in total. The van der Waals surface area contributed by atoms with E-state index in [-0.39, 0.29) is 17.4 Å². The number of carbonyl (C=O) groups excluding carboxylic acids is 1. The first-order chi connectivity index (χ1) is 11.6. The van der Waals surface area contributed by atoms with Crippen LogP contribution in [-0.2, 0) is 4.79 Å². The molecule has 0 aliphatic carbocycles. The van der Waals surface area contributed by atoms with Gasteiger partial charge in [0.1, 0.15) is 11.5 Å². The lowest BCUT2D eigenvalue weighted by Gasteiger charge is -2.36. The maximum atomic E-state index is 13.4. The van der Waals surface area contributed by atoms with E-state index >= 15 is 0 Å². The summed E-state index contributed by atoms with van der Waals surface area (Å²) in [4.78, 5) is 18.0. The number of pyridine rings is 1. The molecule has 0 radical (unpaired) electrons. The molecule has 7 heteroatoms. The second-order valence-corrected chi connectivity index (χ2v) is 5.82. The number of hydrogen-bond acceptors (Lipinski definition) is 5. The van der Waals surface area contributed by atoms with Crippen LogP contribution in [-0.4, -0.2) is 29.6 Å². The Balaban J connectivity index is 1.81. The molecule has 1 saturated heterocycles. The van der Waals surface area contributed by atoms with E-state index in [1.807, 2.05) is 6.19 Å². The molecule has 1 spiro atoms. The van der Waals surface area contributed by atoms with E-state index in [4.69, 9.17) is 4.74 Å². The molecular formula is C17H13FN4O2. The first-order valence-corrected chi connectivity index (χ1v) is 7.53. The van der Waals surface area contributed by atoms with Gasteiger partial charge in [-0.25, -0.2) is 14.3 Å². The number of halogens is 1. The Morgan fingerprint density at radius 1 is 1.38 bits per heavy atom. The summed E-state index contributed by atoms with van der Waals surface area (Å²) in [5.41, 5.74) is 0.418. The predicted molar refractivity (Wildman–Crippen MR) is 83.6 cm³/mol. The number of anilines is 1. The smallest absolute Gasteiger partial charge is 0.286 e. The Hall–Kier alpha value is -2.98. The Morgan fingerprint density at radius 2 is 2.25 bits per heavy atom. The molecule has 4 rings (SSSR count). The van der Waals surface area contributed by atoms with Crippen LogP contribution in [0.3, 0.4) is 0 Å². The Labute approximate surface area is 137 Å². The molecule has 1 fully saturated rings. The first kappa shape index (κ1) is 14.6. The fourth-order valence-corrected chi connectivity index (χ4v) is 3.09. The Kier molecular flexibility index (Phi) is 3.22. The molecule has 1 N–H and O–H groups in total. The summed E-state index contributed by atoms with van der Waals surface area (Å²) in [5, 5.41) is 12.5. The van der Waals surface area contributed by atoms with E-state index in [1.165, 1.54) is 12.1 Å². The van der Waals surface area contributed by atoms with Crippen LogP contribution in [0.25, 0.3) is 11.1 Å². The van der Waals surface area contributed by atoms with Gasteiger partial charge in [-0.3, -0.25) is 4.79 Å². The van der Waals surface area contributed by atoms with Crippen molar-refractivity contribution in [1.29, 1.82) is 5.26 Å². The summed E-state index contributed by atoms with van der Waals surface area (Å²) >= 11 is 0. The first-order valence-electron chi connectivity index (χ1n) is 7.53. The van der Waals surface area contributed by atoms with Gasteiger partial charge in [0.2, 0.25) is 11.5 Å². The van der Waals surface area contributed by atoms with Gasteiger partial charge in [0.25, 0.3) is 5.91 Å². The van der Waals surface area contributed by atoms with Crippen LogP contribution >= 0.6 is 0 Å². The normalized spacial score (nSPS) is 22.2. The zero-order valence-electron chi connectivity index (χ0n) is 12.6. The molecule has 3 heterocycles. The molecule has 24 heavy (non-hydrogen) atoms. The highest BCUT2D eigenvalue weighted by atomic mass is 19.1. The molecule has 2 aromatic rings. The summed E-state index contributed by atoms with van der Waals surface area (Å²) < 4.78 is 19.3. The third-order valence-corrected chi connectivity index (χ3v) is 4.33. The van der Waals surface area contributed by atoms with Gasteiger partial charge in [-0.1, -0.05) is 12.1 Å². The second-order valence-electron chi connectivity index (χ2n) is 5.82. The molecule has 120 valence electrons. The van der Waals surface area contributed by atoms with Crippen molar-refractivity contribution in [1.82, 2.24) is 10.3 Å². The number of fused-ring (bicyclic) bond motifs is 1. The number of ether oxygens (including phenoxy) is 1. The molecule has 1 atom stereocenters. The second kappa shape index (κ2) is 5.28. The number of benzene rings is 1. The lowest BCUT2D eigenvalue weighted by molar-refractivity contribution is -0.133. The van der Waals surface area contributed by atoms with Gasteiger partial charge in [-0.05, 0) is 30.3 Å². The minimum absolute atomic E-state index is 0.236. The summed E-state index contributed by atoms with van der Waals surface area (Å²) in [5.74, 6) is -0.536. The summed E-state index contributed by atoms with van der Waals surface area (Å²) in [7, 11) is 0. The highest BCUT2D eigenvalue weighted by Crippen LogP contribution is 2.40. The third-order valence-electron chi connectivity index (χ3n) is 4.33. The van der Waals surface area contributed by atoms with Crippen LogP contribution in [0.15, 0.2) is 36.5 Å². The number of hydrogen-bond donors (Lipinski definition) is 1. The topological polar surface area (TPSA) is 78.2 Å². The number of nitriles is 1. The number of rotatable bonds is 1. The highest BCUT2D eigenvalue weighted by molar-refractivity contribution is 6.05. The van der Waals surface area contributed by atoms with Crippen molar-refractivity contribution < 1.29 is 13.9 Å². The van der Waals surface area contributed by atoms with Gasteiger partial charge in [-0.15, -0.1) is 0 Å². The van der Waals surface area contributed by atoms with Crippen LogP contribution in [0.2, 0.25) is 0 Å². The maximum absolute atomic E-state index is 13.4. The summed E-state index contributed by atoms with van der Waals surface area (Å²) in [6.07, 6.45) is 3.95. The van der Waals surface area contributed by atoms with E-state index in [1.54, 1.807) is 24.4 Å². The van der Waals surface area contributed by atoms with Crippen LogP contribution in [0.1, 0.15) is 6.42 Å². The van der Waals surface area contributed by atoms with E-state index in [0.717, 1.165) is 4.90 Å². The van der Waals surface area contributed by atoms with Gasteiger partial charge in [0.15, 0.2) is 6.19 Å². The SMILES string of the molecule is N#CN1C(=O)C2(CCNC2)Oc2ncc(-c3cccc(F)c3)cc21. The number of carbonyl (C=O) groups is 1. The molecule has 1 aromatic heterocycles. The van der Waals surface area contributed by atoms with E-state index in [0.29, 0.717) is 30.6 Å². The van der Waals surface area contributed by atoms with Crippen molar-refractivity contribution >= 4 is 11.6 Å². The fraction of sp³-hybridized carbons (Fsp3) is 0.235. The lowest BCUT2D eigenvalue weighted by atomic mass is 9.98. The van der Waals surface area contributed by atoms with Gasteiger partial charge in [0, 0.05) is 24.7 Å². The van der Waals surface area contributed by atoms with E-state index in [9.17, 15) is 14.4 Å². The van der Waals surface area contributed by atoms with E-state index < -0.39 is 11.5 Å². The number of nitrogens with one attached hydrogen (secondary N) is 1. The zero-order chi connectivity index (χ0) is 16.7. The van der Waals surface area contributed by atoms with Crippen molar-refractivity contribution in [3.8, 4) is 23.2 Å². The minimum atomic E-state index is -1.07. The molecule has 2 aliphatic heterocycles. The van der Waals surface area contributed by atoms with Crippen LogP contribution in [0.5, 0.6) is 5.88 Å². The van der Waals surface area contributed by atoms with Crippen LogP contribution in [0.4, 0.5) is 10.1 Å². The monoisotopic (exact) mass is 324 g/mol. The molecule has 0 saturated carbocycles. The standard InChI is InChI=1S/C17H13FN4O2/c18-13-3-1-2-11(6-13)12-7-14-15(21-8-12)24-17(4-5-20-9-17)16(23)22(14)10-19/h1-3,6-8,20H,4-5,9H2. The minimum Gasteiger partial charge on any atom is -0.458 e.